The molecule has 0 saturated carbocycles. The van der Waals surface area contributed by atoms with Crippen molar-refractivity contribution < 1.29 is 5.11 Å². The van der Waals surface area contributed by atoms with Crippen molar-refractivity contribution in [3.05, 3.63) is 44.4 Å². The minimum Gasteiger partial charge on any atom is -0.388 e. The molecule has 5 heteroatoms. The van der Waals surface area contributed by atoms with E-state index < -0.39 is 6.10 Å². The van der Waals surface area contributed by atoms with Crippen LogP contribution in [-0.2, 0) is 12.8 Å². The number of hydrogen-bond acceptors (Lipinski definition) is 4. The average molecular weight is 283 g/mol. The summed E-state index contributed by atoms with van der Waals surface area (Å²) >= 11 is 7.39. The first-order chi connectivity index (χ1) is 8.60. The van der Waals surface area contributed by atoms with E-state index in [1.165, 1.54) is 11.3 Å². The van der Waals surface area contributed by atoms with Crippen LogP contribution in [0.5, 0.6) is 0 Å². The van der Waals surface area contributed by atoms with Gasteiger partial charge in [0.2, 0.25) is 0 Å². The molecule has 96 valence electrons. The fourth-order valence-electron chi connectivity index (χ4n) is 1.86. The van der Waals surface area contributed by atoms with E-state index >= 15 is 0 Å². The van der Waals surface area contributed by atoms with Crippen LogP contribution in [0.4, 0.5) is 0 Å². The predicted octanol–water partition coefficient (Wildman–Crippen LogP) is 3.34. The van der Waals surface area contributed by atoms with Gasteiger partial charge in [-0.2, -0.15) is 10.2 Å². The van der Waals surface area contributed by atoms with Crippen molar-refractivity contribution in [1.29, 1.82) is 0 Å². The molecule has 0 fully saturated rings. The Kier molecular flexibility index (Phi) is 4.32. The van der Waals surface area contributed by atoms with Crippen molar-refractivity contribution in [2.75, 3.05) is 0 Å². The number of hydrogen-bond donors (Lipinski definition) is 1. The van der Waals surface area contributed by atoms with Crippen LogP contribution in [0.15, 0.2) is 18.2 Å². The topological polar surface area (TPSA) is 46.0 Å². The van der Waals surface area contributed by atoms with Gasteiger partial charge in [-0.3, -0.25) is 0 Å². The van der Waals surface area contributed by atoms with Gasteiger partial charge in [-0.05, 0) is 31.5 Å². The standard InChI is InChI=1S/C13H15ClN2OS/c1-3-11-10(6-8(2)15-16-11)12(17)7-9-4-5-13(14)18-9/h4-6,12,17H,3,7H2,1-2H3. The van der Waals surface area contributed by atoms with Gasteiger partial charge in [-0.15, -0.1) is 11.3 Å². The molecule has 0 spiro atoms. The van der Waals surface area contributed by atoms with Gasteiger partial charge in [0.25, 0.3) is 0 Å². The van der Waals surface area contributed by atoms with Crippen LogP contribution in [0.25, 0.3) is 0 Å². The van der Waals surface area contributed by atoms with E-state index in [1.54, 1.807) is 0 Å². The summed E-state index contributed by atoms with van der Waals surface area (Å²) in [6.45, 7) is 3.89. The van der Waals surface area contributed by atoms with Crippen molar-refractivity contribution >= 4 is 22.9 Å². The lowest BCUT2D eigenvalue weighted by atomic mass is 10.0. The van der Waals surface area contributed by atoms with Gasteiger partial charge in [0, 0.05) is 16.9 Å². The zero-order valence-corrected chi connectivity index (χ0v) is 11.9. The zero-order chi connectivity index (χ0) is 13.1. The highest BCUT2D eigenvalue weighted by Gasteiger charge is 2.15. The van der Waals surface area contributed by atoms with Crippen LogP contribution in [0.1, 0.15) is 34.9 Å². The number of aliphatic hydroxyl groups excluding tert-OH is 1. The molecule has 0 aromatic carbocycles. The molecule has 0 aliphatic carbocycles. The number of nitrogens with zero attached hydrogens (tertiary/aromatic N) is 2. The van der Waals surface area contributed by atoms with Crippen molar-refractivity contribution in [1.82, 2.24) is 10.2 Å². The van der Waals surface area contributed by atoms with Crippen molar-refractivity contribution in [3.63, 3.8) is 0 Å². The van der Waals surface area contributed by atoms with Gasteiger partial charge in [0.1, 0.15) is 0 Å². The Morgan fingerprint density at radius 3 is 2.78 bits per heavy atom. The second kappa shape index (κ2) is 5.78. The minimum absolute atomic E-state index is 0.552. The van der Waals surface area contributed by atoms with Crippen LogP contribution in [0, 0.1) is 6.92 Å². The molecule has 3 nitrogen and oxygen atoms in total. The van der Waals surface area contributed by atoms with E-state index in [9.17, 15) is 5.11 Å². The summed E-state index contributed by atoms with van der Waals surface area (Å²) in [5.41, 5.74) is 2.55. The van der Waals surface area contributed by atoms with Crippen LogP contribution in [-0.4, -0.2) is 15.3 Å². The number of aliphatic hydroxyl groups is 1. The fraction of sp³-hybridized carbons (Fsp3) is 0.385. The molecule has 0 aliphatic heterocycles. The Hall–Kier alpha value is -0.970. The number of rotatable bonds is 4. The smallest absolute Gasteiger partial charge is 0.0931 e. The first-order valence-electron chi connectivity index (χ1n) is 5.85. The van der Waals surface area contributed by atoms with Crippen molar-refractivity contribution in [2.45, 2.75) is 32.8 Å². The second-order valence-corrected chi connectivity index (χ2v) is 5.97. The Labute approximate surface area is 115 Å². The highest BCUT2D eigenvalue weighted by atomic mass is 35.5. The third-order valence-corrected chi connectivity index (χ3v) is 4.00. The quantitative estimate of drug-likeness (QED) is 0.935. The molecule has 0 saturated heterocycles. The minimum atomic E-state index is -0.552. The Bertz CT molecular complexity index is 542. The first kappa shape index (κ1) is 13.5. The van der Waals surface area contributed by atoms with Gasteiger partial charge in [-0.1, -0.05) is 18.5 Å². The first-order valence-corrected chi connectivity index (χ1v) is 7.05. The molecule has 2 heterocycles. The lowest BCUT2D eigenvalue weighted by molar-refractivity contribution is 0.177. The maximum Gasteiger partial charge on any atom is 0.0931 e. The van der Waals surface area contributed by atoms with Crippen molar-refractivity contribution in [3.8, 4) is 0 Å². The average Bonchev–Trinajstić information content (AvgIpc) is 2.74. The highest BCUT2D eigenvalue weighted by molar-refractivity contribution is 7.16. The largest absolute Gasteiger partial charge is 0.388 e. The predicted molar refractivity (Wildman–Crippen MR) is 74.1 cm³/mol. The second-order valence-electron chi connectivity index (χ2n) is 4.17. The Morgan fingerprint density at radius 1 is 1.39 bits per heavy atom. The molecule has 2 aromatic heterocycles. The Morgan fingerprint density at radius 2 is 2.17 bits per heavy atom. The SMILES string of the molecule is CCc1nnc(C)cc1C(O)Cc1ccc(Cl)s1. The number of halogens is 1. The molecule has 0 radical (unpaired) electrons. The number of thiophene rings is 1. The summed E-state index contributed by atoms with van der Waals surface area (Å²) in [7, 11) is 0. The Balaban J connectivity index is 2.22. The summed E-state index contributed by atoms with van der Waals surface area (Å²) in [6.07, 6.45) is 0.782. The maximum atomic E-state index is 10.3. The molecular formula is C13H15ClN2OS. The summed E-state index contributed by atoms with van der Waals surface area (Å²) in [5, 5.41) is 18.5. The molecule has 0 aliphatic rings. The lowest BCUT2D eigenvalue weighted by Gasteiger charge is -2.13. The third kappa shape index (κ3) is 3.07. The summed E-state index contributed by atoms with van der Waals surface area (Å²) in [4.78, 5) is 1.07. The van der Waals surface area contributed by atoms with E-state index in [4.69, 9.17) is 11.6 Å². The third-order valence-electron chi connectivity index (χ3n) is 2.74. The lowest BCUT2D eigenvalue weighted by Crippen LogP contribution is -2.08. The van der Waals surface area contributed by atoms with Gasteiger partial charge >= 0.3 is 0 Å². The molecule has 18 heavy (non-hydrogen) atoms. The van der Waals surface area contributed by atoms with E-state index in [0.29, 0.717) is 6.42 Å². The summed E-state index contributed by atoms with van der Waals surface area (Å²) < 4.78 is 0.747. The van der Waals surface area contributed by atoms with E-state index in [1.807, 2.05) is 32.0 Å². The molecule has 0 bridgehead atoms. The molecule has 1 unspecified atom stereocenters. The fourth-order valence-corrected chi connectivity index (χ4v) is 2.98. The van der Waals surface area contributed by atoms with E-state index in [-0.39, 0.29) is 0 Å². The van der Waals surface area contributed by atoms with E-state index in [0.717, 1.165) is 32.6 Å². The molecule has 1 atom stereocenters. The zero-order valence-electron chi connectivity index (χ0n) is 10.4. The summed E-state index contributed by atoms with van der Waals surface area (Å²) in [6, 6.07) is 5.71. The molecule has 1 N–H and O–H groups in total. The summed E-state index contributed by atoms with van der Waals surface area (Å²) in [5.74, 6) is 0. The van der Waals surface area contributed by atoms with Crippen LogP contribution in [0.2, 0.25) is 4.34 Å². The van der Waals surface area contributed by atoms with Gasteiger partial charge in [0.15, 0.2) is 0 Å². The molecular weight excluding hydrogens is 268 g/mol. The normalized spacial score (nSPS) is 12.7. The van der Waals surface area contributed by atoms with Gasteiger partial charge < -0.3 is 5.11 Å². The molecule has 2 rings (SSSR count). The highest BCUT2D eigenvalue weighted by Crippen LogP contribution is 2.27. The van der Waals surface area contributed by atoms with Crippen molar-refractivity contribution in [2.24, 2.45) is 0 Å². The van der Waals surface area contributed by atoms with Gasteiger partial charge in [0.05, 0.1) is 21.8 Å². The molecule has 2 aromatic rings. The van der Waals surface area contributed by atoms with E-state index in [2.05, 4.69) is 10.2 Å². The van der Waals surface area contributed by atoms with Crippen LogP contribution >= 0.6 is 22.9 Å². The number of aryl methyl sites for hydroxylation is 2. The number of aromatic nitrogens is 2. The molecule has 0 amide bonds. The van der Waals surface area contributed by atoms with Crippen LogP contribution < -0.4 is 0 Å². The monoisotopic (exact) mass is 282 g/mol. The van der Waals surface area contributed by atoms with Gasteiger partial charge in [-0.25, -0.2) is 0 Å². The van der Waals surface area contributed by atoms with Crippen LogP contribution in [0.3, 0.4) is 0 Å². The maximum absolute atomic E-state index is 10.3.